The second-order valence-corrected chi connectivity index (χ2v) is 4.77. The molecule has 0 saturated heterocycles. The first-order chi connectivity index (χ1) is 6.95. The minimum absolute atomic E-state index is 0.348. The number of nitrogens with zero attached hydrogens (tertiary/aromatic N) is 2. The third-order valence-electron chi connectivity index (χ3n) is 2.97. The van der Waals surface area contributed by atoms with Gasteiger partial charge < -0.3 is 0 Å². The number of hydrogen-bond acceptors (Lipinski definition) is 3. The highest BCUT2D eigenvalue weighted by Gasteiger charge is 2.32. The summed E-state index contributed by atoms with van der Waals surface area (Å²) >= 11 is 1.88. The molecule has 1 aliphatic carbocycles. The summed E-state index contributed by atoms with van der Waals surface area (Å²) in [6.45, 7) is 0.879. The third-order valence-corrected chi connectivity index (χ3v) is 4.10. The van der Waals surface area contributed by atoms with Crippen molar-refractivity contribution in [2.24, 2.45) is 16.1 Å². The van der Waals surface area contributed by atoms with Gasteiger partial charge in [-0.15, -0.1) is 11.8 Å². The molecule has 2 atom stereocenters. The van der Waals surface area contributed by atoms with Gasteiger partial charge in [0.05, 0.1) is 6.54 Å². The van der Waals surface area contributed by atoms with Crippen molar-refractivity contribution in [3.8, 4) is 0 Å². The molecular weight excluding hydrogens is 192 g/mol. The van der Waals surface area contributed by atoms with Crippen molar-refractivity contribution in [1.82, 2.24) is 0 Å². The zero-order chi connectivity index (χ0) is 9.38. The highest BCUT2D eigenvalue weighted by atomic mass is 32.2. The summed E-state index contributed by atoms with van der Waals surface area (Å²) in [6, 6.07) is 0.348. The molecule has 0 aromatic carbocycles. The monoisotopic (exact) mass is 204 g/mol. The lowest BCUT2D eigenvalue weighted by atomic mass is 9.86. The first kappa shape index (κ1) is 8.48. The molecule has 2 nitrogen and oxygen atoms in total. The van der Waals surface area contributed by atoms with Crippen LogP contribution in [0.5, 0.6) is 0 Å². The number of rotatable bonds is 0. The maximum Gasteiger partial charge on any atom is 0.100 e. The molecule has 2 unspecified atom stereocenters. The van der Waals surface area contributed by atoms with E-state index in [-0.39, 0.29) is 0 Å². The van der Waals surface area contributed by atoms with Crippen molar-refractivity contribution in [2.45, 2.75) is 18.9 Å². The van der Waals surface area contributed by atoms with Crippen LogP contribution in [0, 0.1) is 5.92 Å². The third kappa shape index (κ3) is 1.27. The highest BCUT2D eigenvalue weighted by Crippen LogP contribution is 2.44. The van der Waals surface area contributed by atoms with Crippen LogP contribution in [-0.4, -0.2) is 12.6 Å². The normalized spacial score (nSPS) is 34.3. The second kappa shape index (κ2) is 3.39. The van der Waals surface area contributed by atoms with E-state index in [1.54, 1.807) is 0 Å². The number of allylic oxidation sites excluding steroid dienone is 3. The van der Waals surface area contributed by atoms with E-state index in [9.17, 15) is 0 Å². The molecule has 14 heavy (non-hydrogen) atoms. The van der Waals surface area contributed by atoms with E-state index < -0.39 is 0 Å². The van der Waals surface area contributed by atoms with Crippen LogP contribution in [0.2, 0.25) is 0 Å². The van der Waals surface area contributed by atoms with E-state index in [1.807, 2.05) is 11.8 Å². The van der Waals surface area contributed by atoms with Gasteiger partial charge in [-0.2, -0.15) is 10.2 Å². The van der Waals surface area contributed by atoms with Crippen LogP contribution in [0.25, 0.3) is 0 Å². The molecule has 3 heteroatoms. The predicted octanol–water partition coefficient (Wildman–Crippen LogP) is 3.30. The van der Waals surface area contributed by atoms with Gasteiger partial charge in [0.2, 0.25) is 0 Å². The summed E-state index contributed by atoms with van der Waals surface area (Å²) < 4.78 is 0. The van der Waals surface area contributed by atoms with Gasteiger partial charge in [-0.3, -0.25) is 0 Å². The molecule has 2 aliphatic heterocycles. The summed E-state index contributed by atoms with van der Waals surface area (Å²) in [4.78, 5) is 1.46. The molecule has 0 bridgehead atoms. The summed E-state index contributed by atoms with van der Waals surface area (Å²) in [6.07, 6.45) is 8.84. The lowest BCUT2D eigenvalue weighted by molar-refractivity contribution is 0.489. The Kier molecular flexibility index (Phi) is 2.05. The molecule has 0 aromatic heterocycles. The van der Waals surface area contributed by atoms with Gasteiger partial charge in [0.25, 0.3) is 0 Å². The smallest absolute Gasteiger partial charge is 0.100 e. The van der Waals surface area contributed by atoms with Gasteiger partial charge in [0, 0.05) is 5.92 Å². The van der Waals surface area contributed by atoms with Gasteiger partial charge in [0.15, 0.2) is 0 Å². The van der Waals surface area contributed by atoms with Crippen LogP contribution in [0.1, 0.15) is 12.8 Å². The largest absolute Gasteiger partial charge is 0.193 e. The van der Waals surface area contributed by atoms with Crippen LogP contribution in [0.15, 0.2) is 44.3 Å². The van der Waals surface area contributed by atoms with Crippen LogP contribution in [0.3, 0.4) is 0 Å². The second-order valence-electron chi connectivity index (χ2n) is 3.83. The Balaban J connectivity index is 1.99. The Hall–Kier alpha value is -0.830. The van der Waals surface area contributed by atoms with E-state index in [0.29, 0.717) is 12.0 Å². The van der Waals surface area contributed by atoms with E-state index in [4.69, 9.17) is 0 Å². The number of azo groups is 1. The van der Waals surface area contributed by atoms with E-state index in [0.717, 1.165) is 19.4 Å². The van der Waals surface area contributed by atoms with Gasteiger partial charge in [-0.25, -0.2) is 0 Å². The standard InChI is InChI=1S/C11H12N2S/c1-2-4-10-9(3-1)11-8(7-14-10)5-6-12-13-11/h1-2,4,7,9,11H,3,5-6H2. The molecule has 3 rings (SSSR count). The fraction of sp³-hybridized carbons (Fsp3) is 0.455. The minimum atomic E-state index is 0.348. The summed E-state index contributed by atoms with van der Waals surface area (Å²) in [5.74, 6) is 0.578. The lowest BCUT2D eigenvalue weighted by Gasteiger charge is -2.33. The zero-order valence-electron chi connectivity index (χ0n) is 7.89. The molecule has 0 radical (unpaired) electrons. The minimum Gasteiger partial charge on any atom is -0.193 e. The average molecular weight is 204 g/mol. The molecule has 0 spiro atoms. The molecule has 0 saturated carbocycles. The van der Waals surface area contributed by atoms with Crippen molar-refractivity contribution in [3.05, 3.63) is 34.1 Å². The topological polar surface area (TPSA) is 24.7 Å². The Morgan fingerprint density at radius 3 is 3.43 bits per heavy atom. The number of thioether (sulfide) groups is 1. The highest BCUT2D eigenvalue weighted by molar-refractivity contribution is 8.05. The Labute approximate surface area is 87.9 Å². The fourth-order valence-corrected chi connectivity index (χ4v) is 3.30. The summed E-state index contributed by atoms with van der Waals surface area (Å²) in [5, 5.41) is 10.9. The fourth-order valence-electron chi connectivity index (χ4n) is 2.20. The Bertz CT molecular complexity index is 365. The summed E-state index contributed by atoms with van der Waals surface area (Å²) in [7, 11) is 0. The van der Waals surface area contributed by atoms with Crippen molar-refractivity contribution in [2.75, 3.05) is 6.54 Å². The van der Waals surface area contributed by atoms with Gasteiger partial charge in [0.1, 0.15) is 6.04 Å². The van der Waals surface area contributed by atoms with E-state index in [2.05, 4.69) is 33.9 Å². The lowest BCUT2D eigenvalue weighted by Crippen LogP contribution is -2.27. The molecular formula is C11H12N2S. The summed E-state index contributed by atoms with van der Waals surface area (Å²) in [5.41, 5.74) is 1.49. The van der Waals surface area contributed by atoms with Crippen molar-refractivity contribution >= 4 is 11.8 Å². The molecule has 0 aromatic rings. The van der Waals surface area contributed by atoms with E-state index in [1.165, 1.54) is 10.5 Å². The van der Waals surface area contributed by atoms with Crippen LogP contribution < -0.4 is 0 Å². The Morgan fingerprint density at radius 2 is 2.43 bits per heavy atom. The zero-order valence-corrected chi connectivity index (χ0v) is 8.70. The molecule has 2 heterocycles. The molecule has 3 aliphatic rings. The SMILES string of the molecule is C1=CCC2C(=C1)SC=C1CCN=NC12. The first-order valence-corrected chi connectivity index (χ1v) is 5.92. The molecule has 0 N–H and O–H groups in total. The van der Waals surface area contributed by atoms with Crippen LogP contribution in [-0.2, 0) is 0 Å². The van der Waals surface area contributed by atoms with E-state index >= 15 is 0 Å². The first-order valence-electron chi connectivity index (χ1n) is 5.04. The van der Waals surface area contributed by atoms with Gasteiger partial charge >= 0.3 is 0 Å². The molecule has 0 fully saturated rings. The quantitative estimate of drug-likeness (QED) is 0.594. The Morgan fingerprint density at radius 1 is 1.43 bits per heavy atom. The predicted molar refractivity (Wildman–Crippen MR) is 59.1 cm³/mol. The van der Waals surface area contributed by atoms with Crippen molar-refractivity contribution < 1.29 is 0 Å². The van der Waals surface area contributed by atoms with Crippen molar-refractivity contribution in [3.63, 3.8) is 0 Å². The molecule has 0 amide bonds. The van der Waals surface area contributed by atoms with Gasteiger partial charge in [-0.1, -0.05) is 18.2 Å². The van der Waals surface area contributed by atoms with Crippen LogP contribution >= 0.6 is 11.8 Å². The molecule has 72 valence electrons. The van der Waals surface area contributed by atoms with Crippen LogP contribution in [0.4, 0.5) is 0 Å². The maximum absolute atomic E-state index is 4.40. The number of hydrogen-bond donors (Lipinski definition) is 0. The maximum atomic E-state index is 4.40. The van der Waals surface area contributed by atoms with Crippen molar-refractivity contribution in [1.29, 1.82) is 0 Å². The number of fused-ring (bicyclic) bond motifs is 3. The van der Waals surface area contributed by atoms with Gasteiger partial charge in [-0.05, 0) is 28.7 Å². The average Bonchev–Trinajstić information content (AvgIpc) is 2.29.